The standard InChI is InChI=1S/C12H18N4O/c1-9-6-5-7-16-10(9)13-11(15-16)14-12(2,3)8-17-4/h5-7H,8H2,1-4H3,(H,14,15). The van der Waals surface area contributed by atoms with E-state index < -0.39 is 0 Å². The van der Waals surface area contributed by atoms with Crippen molar-refractivity contribution in [1.82, 2.24) is 14.6 Å². The highest BCUT2D eigenvalue weighted by Gasteiger charge is 2.19. The van der Waals surface area contributed by atoms with E-state index in [0.717, 1.165) is 11.2 Å². The number of hydrogen-bond donors (Lipinski definition) is 1. The molecule has 0 aliphatic heterocycles. The Morgan fingerprint density at radius 1 is 1.47 bits per heavy atom. The van der Waals surface area contributed by atoms with E-state index in [0.29, 0.717) is 12.6 Å². The Kier molecular flexibility index (Phi) is 3.02. The molecule has 5 nitrogen and oxygen atoms in total. The molecule has 0 aliphatic carbocycles. The molecule has 0 fully saturated rings. The number of fused-ring (bicyclic) bond motifs is 1. The Bertz CT molecular complexity index is 518. The second-order valence-corrected chi connectivity index (χ2v) is 4.84. The Hall–Kier alpha value is -1.62. The molecule has 2 aromatic heterocycles. The maximum absolute atomic E-state index is 5.15. The van der Waals surface area contributed by atoms with Gasteiger partial charge in [0.2, 0.25) is 5.95 Å². The van der Waals surface area contributed by atoms with Gasteiger partial charge < -0.3 is 10.1 Å². The van der Waals surface area contributed by atoms with Gasteiger partial charge in [0.1, 0.15) is 0 Å². The summed E-state index contributed by atoms with van der Waals surface area (Å²) in [7, 11) is 1.69. The molecule has 0 aromatic carbocycles. The lowest BCUT2D eigenvalue weighted by Gasteiger charge is -2.24. The predicted molar refractivity (Wildman–Crippen MR) is 67.3 cm³/mol. The summed E-state index contributed by atoms with van der Waals surface area (Å²) in [6.07, 6.45) is 1.89. The van der Waals surface area contributed by atoms with Gasteiger partial charge >= 0.3 is 0 Å². The van der Waals surface area contributed by atoms with E-state index >= 15 is 0 Å². The summed E-state index contributed by atoms with van der Waals surface area (Å²) in [5.41, 5.74) is 1.80. The molecular weight excluding hydrogens is 216 g/mol. The zero-order valence-corrected chi connectivity index (χ0v) is 10.7. The van der Waals surface area contributed by atoms with Gasteiger partial charge in [-0.25, -0.2) is 4.52 Å². The van der Waals surface area contributed by atoms with Crippen LogP contribution >= 0.6 is 0 Å². The molecule has 92 valence electrons. The lowest BCUT2D eigenvalue weighted by atomic mass is 10.1. The van der Waals surface area contributed by atoms with Crippen molar-refractivity contribution >= 4 is 11.6 Å². The molecule has 0 unspecified atom stereocenters. The molecule has 0 bridgehead atoms. The highest BCUT2D eigenvalue weighted by molar-refractivity contribution is 5.50. The van der Waals surface area contributed by atoms with Gasteiger partial charge in [-0.3, -0.25) is 0 Å². The van der Waals surface area contributed by atoms with Crippen LogP contribution in [0.1, 0.15) is 19.4 Å². The summed E-state index contributed by atoms with van der Waals surface area (Å²) in [6, 6.07) is 3.98. The minimum atomic E-state index is -0.187. The molecule has 5 heteroatoms. The minimum Gasteiger partial charge on any atom is -0.382 e. The first-order valence-corrected chi connectivity index (χ1v) is 5.61. The highest BCUT2D eigenvalue weighted by Crippen LogP contribution is 2.14. The third-order valence-corrected chi connectivity index (χ3v) is 2.51. The zero-order valence-electron chi connectivity index (χ0n) is 10.7. The van der Waals surface area contributed by atoms with Gasteiger partial charge in [-0.05, 0) is 32.4 Å². The molecule has 0 saturated heterocycles. The molecule has 2 aromatic rings. The average Bonchev–Trinajstić information content (AvgIpc) is 2.60. The molecular formula is C12H18N4O. The van der Waals surface area contributed by atoms with Crippen molar-refractivity contribution in [2.45, 2.75) is 26.3 Å². The summed E-state index contributed by atoms with van der Waals surface area (Å²) in [4.78, 5) is 4.46. The quantitative estimate of drug-likeness (QED) is 0.877. The number of hydrogen-bond acceptors (Lipinski definition) is 4. The van der Waals surface area contributed by atoms with E-state index in [9.17, 15) is 0 Å². The van der Waals surface area contributed by atoms with Crippen LogP contribution in [0.4, 0.5) is 5.95 Å². The van der Waals surface area contributed by atoms with Crippen LogP contribution < -0.4 is 5.32 Å². The maximum atomic E-state index is 5.15. The van der Waals surface area contributed by atoms with Crippen LogP contribution in [-0.2, 0) is 4.74 Å². The fraction of sp³-hybridized carbons (Fsp3) is 0.500. The van der Waals surface area contributed by atoms with Crippen LogP contribution in [0.2, 0.25) is 0 Å². The van der Waals surface area contributed by atoms with E-state index in [-0.39, 0.29) is 5.54 Å². The third kappa shape index (κ3) is 2.55. The molecule has 0 amide bonds. The first-order chi connectivity index (χ1) is 8.02. The Morgan fingerprint density at radius 2 is 2.24 bits per heavy atom. The normalized spacial score (nSPS) is 12.0. The molecule has 2 heterocycles. The maximum Gasteiger partial charge on any atom is 0.243 e. The third-order valence-electron chi connectivity index (χ3n) is 2.51. The fourth-order valence-corrected chi connectivity index (χ4v) is 1.79. The van der Waals surface area contributed by atoms with Crippen molar-refractivity contribution in [1.29, 1.82) is 0 Å². The second-order valence-electron chi connectivity index (χ2n) is 4.84. The van der Waals surface area contributed by atoms with Crippen LogP contribution in [-0.4, -0.2) is 33.9 Å². The summed E-state index contributed by atoms with van der Waals surface area (Å²) in [6.45, 7) is 6.72. The average molecular weight is 234 g/mol. The number of aryl methyl sites for hydroxylation is 1. The van der Waals surface area contributed by atoms with Crippen molar-refractivity contribution in [3.63, 3.8) is 0 Å². The molecule has 0 saturated carbocycles. The van der Waals surface area contributed by atoms with Crippen molar-refractivity contribution in [3.05, 3.63) is 23.9 Å². The largest absolute Gasteiger partial charge is 0.382 e. The summed E-state index contributed by atoms with van der Waals surface area (Å²) >= 11 is 0. The van der Waals surface area contributed by atoms with Crippen LogP contribution in [0.3, 0.4) is 0 Å². The summed E-state index contributed by atoms with van der Waals surface area (Å²) in [5.74, 6) is 0.626. The van der Waals surface area contributed by atoms with E-state index in [2.05, 4.69) is 29.2 Å². The van der Waals surface area contributed by atoms with Gasteiger partial charge in [0, 0.05) is 13.3 Å². The number of rotatable bonds is 4. The molecule has 0 aliphatic rings. The molecule has 1 N–H and O–H groups in total. The van der Waals surface area contributed by atoms with Crippen LogP contribution in [0.5, 0.6) is 0 Å². The molecule has 0 radical (unpaired) electrons. The van der Waals surface area contributed by atoms with E-state index in [1.54, 1.807) is 11.6 Å². The number of pyridine rings is 1. The second kappa shape index (κ2) is 4.33. The fourth-order valence-electron chi connectivity index (χ4n) is 1.79. The lowest BCUT2D eigenvalue weighted by molar-refractivity contribution is 0.158. The van der Waals surface area contributed by atoms with Gasteiger partial charge in [-0.1, -0.05) is 6.07 Å². The summed E-state index contributed by atoms with van der Waals surface area (Å²) in [5, 5.41) is 7.65. The molecule has 0 atom stereocenters. The van der Waals surface area contributed by atoms with Crippen molar-refractivity contribution in [2.24, 2.45) is 0 Å². The van der Waals surface area contributed by atoms with Gasteiger partial charge in [-0.15, -0.1) is 5.10 Å². The number of anilines is 1. The summed E-state index contributed by atoms with van der Waals surface area (Å²) < 4.78 is 6.93. The predicted octanol–water partition coefficient (Wildman–Crippen LogP) is 1.87. The van der Waals surface area contributed by atoms with Crippen molar-refractivity contribution < 1.29 is 4.74 Å². The Balaban J connectivity index is 2.28. The van der Waals surface area contributed by atoms with Gasteiger partial charge in [0.15, 0.2) is 5.65 Å². The number of ether oxygens (including phenoxy) is 1. The monoisotopic (exact) mass is 234 g/mol. The van der Waals surface area contributed by atoms with Gasteiger partial charge in [-0.2, -0.15) is 4.98 Å². The lowest BCUT2D eigenvalue weighted by Crippen LogP contribution is -2.36. The highest BCUT2D eigenvalue weighted by atomic mass is 16.5. The topological polar surface area (TPSA) is 51.5 Å². The minimum absolute atomic E-state index is 0.187. The zero-order chi connectivity index (χ0) is 12.5. The van der Waals surface area contributed by atoms with Gasteiger partial charge in [0.25, 0.3) is 0 Å². The number of nitrogens with zero attached hydrogens (tertiary/aromatic N) is 3. The SMILES string of the molecule is COCC(C)(C)Nc1nc2c(C)cccn2n1. The Labute approximate surface area is 101 Å². The Morgan fingerprint density at radius 3 is 2.88 bits per heavy atom. The van der Waals surface area contributed by atoms with Crippen molar-refractivity contribution in [3.8, 4) is 0 Å². The first kappa shape index (κ1) is 11.9. The first-order valence-electron chi connectivity index (χ1n) is 5.61. The number of methoxy groups -OCH3 is 1. The molecule has 2 rings (SSSR count). The molecule has 17 heavy (non-hydrogen) atoms. The van der Waals surface area contributed by atoms with Crippen LogP contribution in [0.25, 0.3) is 5.65 Å². The number of nitrogens with one attached hydrogen (secondary N) is 1. The smallest absolute Gasteiger partial charge is 0.243 e. The van der Waals surface area contributed by atoms with E-state index in [4.69, 9.17) is 4.74 Å². The molecule has 0 spiro atoms. The number of aromatic nitrogens is 3. The van der Waals surface area contributed by atoms with E-state index in [1.165, 1.54) is 0 Å². The van der Waals surface area contributed by atoms with Gasteiger partial charge in [0.05, 0.1) is 12.1 Å². The van der Waals surface area contributed by atoms with E-state index in [1.807, 2.05) is 25.3 Å². The van der Waals surface area contributed by atoms with Crippen molar-refractivity contribution in [2.75, 3.05) is 19.0 Å². The van der Waals surface area contributed by atoms with Crippen LogP contribution in [0, 0.1) is 6.92 Å². The van der Waals surface area contributed by atoms with Crippen LogP contribution in [0.15, 0.2) is 18.3 Å².